The second-order valence-corrected chi connectivity index (χ2v) is 9.40. The van der Waals surface area contributed by atoms with Crippen molar-refractivity contribution >= 4 is 18.0 Å². The Morgan fingerprint density at radius 3 is 2.38 bits per heavy atom. The molecule has 1 aromatic heterocycles. The fourth-order valence-electron chi connectivity index (χ4n) is 3.83. The van der Waals surface area contributed by atoms with Gasteiger partial charge >= 0.3 is 12.2 Å². The third-order valence-electron chi connectivity index (χ3n) is 5.60. The number of aromatic nitrogens is 1. The quantitative estimate of drug-likeness (QED) is 0.680. The Kier molecular flexibility index (Phi) is 7.09. The minimum atomic E-state index is -0.550. The SMILES string of the molecule is CC(C)(C)OC(=O)N1CCOc2nc(N3CCN(C(=O)OCc4ccccc4)CC3)ccc2C1. The monoisotopic (exact) mass is 468 g/mol. The lowest BCUT2D eigenvalue weighted by molar-refractivity contribution is 0.0225. The van der Waals surface area contributed by atoms with Crippen LogP contribution < -0.4 is 9.64 Å². The smallest absolute Gasteiger partial charge is 0.410 e. The number of ether oxygens (including phenoxy) is 3. The highest BCUT2D eigenvalue weighted by molar-refractivity contribution is 5.69. The van der Waals surface area contributed by atoms with E-state index in [1.54, 1.807) is 9.80 Å². The molecule has 0 saturated carbocycles. The van der Waals surface area contributed by atoms with Crippen molar-refractivity contribution in [3.05, 3.63) is 53.6 Å². The van der Waals surface area contributed by atoms with Gasteiger partial charge < -0.3 is 28.9 Å². The Morgan fingerprint density at radius 1 is 0.941 bits per heavy atom. The average molecular weight is 469 g/mol. The van der Waals surface area contributed by atoms with Gasteiger partial charge in [0.2, 0.25) is 5.88 Å². The number of amides is 2. The van der Waals surface area contributed by atoms with E-state index in [1.165, 1.54) is 0 Å². The number of pyridine rings is 1. The summed E-state index contributed by atoms with van der Waals surface area (Å²) in [5, 5.41) is 0. The molecule has 1 saturated heterocycles. The summed E-state index contributed by atoms with van der Waals surface area (Å²) in [6.07, 6.45) is -0.660. The Morgan fingerprint density at radius 2 is 1.68 bits per heavy atom. The molecule has 3 heterocycles. The molecular formula is C25H32N4O5. The molecule has 0 radical (unpaired) electrons. The summed E-state index contributed by atoms with van der Waals surface area (Å²) in [7, 11) is 0. The number of carbonyl (C=O) groups is 2. The molecule has 1 fully saturated rings. The van der Waals surface area contributed by atoms with Crippen LogP contribution in [-0.2, 0) is 22.6 Å². The van der Waals surface area contributed by atoms with Gasteiger partial charge in [0, 0.05) is 31.7 Å². The van der Waals surface area contributed by atoms with Gasteiger partial charge in [0.15, 0.2) is 0 Å². The van der Waals surface area contributed by atoms with E-state index in [2.05, 4.69) is 4.90 Å². The Bertz CT molecular complexity index is 1000. The van der Waals surface area contributed by atoms with Crippen LogP contribution >= 0.6 is 0 Å². The highest BCUT2D eigenvalue weighted by Gasteiger charge is 2.27. The number of rotatable bonds is 3. The maximum Gasteiger partial charge on any atom is 0.410 e. The topological polar surface area (TPSA) is 84.4 Å². The zero-order valence-electron chi connectivity index (χ0n) is 20.0. The fourth-order valence-corrected chi connectivity index (χ4v) is 3.83. The molecule has 34 heavy (non-hydrogen) atoms. The van der Waals surface area contributed by atoms with E-state index in [1.807, 2.05) is 63.2 Å². The number of carbonyl (C=O) groups excluding carboxylic acids is 2. The van der Waals surface area contributed by atoms with Crippen molar-refractivity contribution in [1.29, 1.82) is 0 Å². The largest absolute Gasteiger partial charge is 0.475 e. The van der Waals surface area contributed by atoms with Crippen LogP contribution in [-0.4, -0.2) is 71.9 Å². The van der Waals surface area contributed by atoms with Crippen molar-refractivity contribution in [3.63, 3.8) is 0 Å². The number of fused-ring (bicyclic) bond motifs is 1. The highest BCUT2D eigenvalue weighted by atomic mass is 16.6. The lowest BCUT2D eigenvalue weighted by atomic mass is 10.2. The van der Waals surface area contributed by atoms with Crippen molar-refractivity contribution in [2.75, 3.05) is 44.2 Å². The van der Waals surface area contributed by atoms with Crippen molar-refractivity contribution in [2.45, 2.75) is 39.5 Å². The first-order chi connectivity index (χ1) is 16.3. The maximum atomic E-state index is 12.5. The van der Waals surface area contributed by atoms with Gasteiger partial charge in [-0.25, -0.2) is 9.59 Å². The number of piperazine rings is 1. The van der Waals surface area contributed by atoms with E-state index in [0.29, 0.717) is 51.8 Å². The predicted molar refractivity (Wildman–Crippen MR) is 127 cm³/mol. The van der Waals surface area contributed by atoms with E-state index in [9.17, 15) is 9.59 Å². The van der Waals surface area contributed by atoms with Gasteiger partial charge in [-0.05, 0) is 38.5 Å². The normalized spacial score (nSPS) is 16.3. The molecule has 2 aliphatic rings. The molecule has 9 nitrogen and oxygen atoms in total. The van der Waals surface area contributed by atoms with Crippen LogP contribution in [0.1, 0.15) is 31.9 Å². The van der Waals surface area contributed by atoms with Crippen LogP contribution in [0.3, 0.4) is 0 Å². The molecule has 0 unspecified atom stereocenters. The number of anilines is 1. The summed E-state index contributed by atoms with van der Waals surface area (Å²) in [4.78, 5) is 35.1. The summed E-state index contributed by atoms with van der Waals surface area (Å²) < 4.78 is 16.8. The molecule has 0 atom stereocenters. The van der Waals surface area contributed by atoms with Crippen LogP contribution in [0, 0.1) is 0 Å². The molecule has 2 aromatic rings. The lowest BCUT2D eigenvalue weighted by Crippen LogP contribution is -2.49. The molecule has 0 N–H and O–H groups in total. The maximum absolute atomic E-state index is 12.5. The van der Waals surface area contributed by atoms with Crippen molar-refractivity contribution in [1.82, 2.24) is 14.8 Å². The Labute approximate surface area is 200 Å². The van der Waals surface area contributed by atoms with Crippen LogP contribution in [0.15, 0.2) is 42.5 Å². The molecular weight excluding hydrogens is 436 g/mol. The van der Waals surface area contributed by atoms with Crippen molar-refractivity contribution in [3.8, 4) is 5.88 Å². The van der Waals surface area contributed by atoms with Gasteiger partial charge in [-0.3, -0.25) is 0 Å². The van der Waals surface area contributed by atoms with Gasteiger partial charge in [0.05, 0.1) is 13.1 Å². The van der Waals surface area contributed by atoms with Gasteiger partial charge in [-0.15, -0.1) is 0 Å². The van der Waals surface area contributed by atoms with Crippen molar-refractivity contribution < 1.29 is 23.8 Å². The first-order valence-electron chi connectivity index (χ1n) is 11.6. The summed E-state index contributed by atoms with van der Waals surface area (Å²) in [5.41, 5.74) is 1.26. The summed E-state index contributed by atoms with van der Waals surface area (Å²) >= 11 is 0. The minimum Gasteiger partial charge on any atom is -0.475 e. The summed E-state index contributed by atoms with van der Waals surface area (Å²) in [5.74, 6) is 1.33. The summed E-state index contributed by atoms with van der Waals surface area (Å²) in [6.45, 7) is 9.40. The summed E-state index contributed by atoms with van der Waals surface area (Å²) in [6, 6.07) is 13.5. The molecule has 2 aliphatic heterocycles. The van der Waals surface area contributed by atoms with E-state index in [-0.39, 0.29) is 18.8 Å². The minimum absolute atomic E-state index is 0.268. The molecule has 2 amide bonds. The number of hydrogen-bond donors (Lipinski definition) is 0. The second kappa shape index (κ2) is 10.2. The second-order valence-electron chi connectivity index (χ2n) is 9.40. The molecule has 182 valence electrons. The molecule has 0 aliphatic carbocycles. The van der Waals surface area contributed by atoms with Gasteiger partial charge in [-0.1, -0.05) is 30.3 Å². The first kappa shape index (κ1) is 23.7. The average Bonchev–Trinajstić information content (AvgIpc) is 3.04. The van der Waals surface area contributed by atoms with Crippen LogP contribution in [0.25, 0.3) is 0 Å². The number of benzene rings is 1. The van der Waals surface area contributed by atoms with Crippen LogP contribution in [0.4, 0.5) is 15.4 Å². The Balaban J connectivity index is 1.32. The van der Waals surface area contributed by atoms with Crippen LogP contribution in [0.5, 0.6) is 5.88 Å². The molecule has 9 heteroatoms. The third-order valence-corrected chi connectivity index (χ3v) is 5.60. The van der Waals surface area contributed by atoms with Crippen molar-refractivity contribution in [2.24, 2.45) is 0 Å². The first-order valence-corrected chi connectivity index (χ1v) is 11.6. The van der Waals surface area contributed by atoms with Crippen LogP contribution in [0.2, 0.25) is 0 Å². The molecule has 0 spiro atoms. The molecule has 0 bridgehead atoms. The zero-order chi connectivity index (χ0) is 24.1. The number of nitrogens with zero attached hydrogens (tertiary/aromatic N) is 4. The lowest BCUT2D eigenvalue weighted by Gasteiger charge is -2.35. The van der Waals surface area contributed by atoms with Gasteiger partial charge in [0.1, 0.15) is 24.6 Å². The van der Waals surface area contributed by atoms with E-state index < -0.39 is 5.60 Å². The van der Waals surface area contributed by atoms with Gasteiger partial charge in [-0.2, -0.15) is 4.98 Å². The highest BCUT2D eigenvalue weighted by Crippen LogP contribution is 2.26. The van der Waals surface area contributed by atoms with E-state index in [4.69, 9.17) is 19.2 Å². The molecule has 4 rings (SSSR count). The third kappa shape index (κ3) is 6.09. The van der Waals surface area contributed by atoms with E-state index >= 15 is 0 Å². The molecule has 1 aromatic carbocycles. The zero-order valence-corrected chi connectivity index (χ0v) is 20.0. The number of hydrogen-bond acceptors (Lipinski definition) is 7. The predicted octanol–water partition coefficient (Wildman–Crippen LogP) is 3.67. The standard InChI is InChI=1S/C25H32N4O5/c1-25(2,3)34-24(31)29-15-16-32-22-20(17-29)9-10-21(26-22)27-11-13-28(14-12-27)23(30)33-18-19-7-5-4-6-8-19/h4-10H,11-18H2,1-3H3. The van der Waals surface area contributed by atoms with Gasteiger partial charge in [0.25, 0.3) is 0 Å². The fraction of sp³-hybridized carbons (Fsp3) is 0.480. The van der Waals surface area contributed by atoms with E-state index in [0.717, 1.165) is 16.9 Å². The Hall–Kier alpha value is -3.49.